The van der Waals surface area contributed by atoms with Gasteiger partial charge in [-0.3, -0.25) is 0 Å². The van der Waals surface area contributed by atoms with Gasteiger partial charge in [-0.15, -0.1) is 0 Å². The number of hydrogen-bond acceptors (Lipinski definition) is 3. The summed E-state index contributed by atoms with van der Waals surface area (Å²) in [7, 11) is 0. The molecule has 4 nitrogen and oxygen atoms in total. The van der Waals surface area contributed by atoms with Crippen LogP contribution in [0.2, 0.25) is 5.02 Å². The second-order valence-corrected chi connectivity index (χ2v) is 5.55. The van der Waals surface area contributed by atoms with Gasteiger partial charge in [0.05, 0.1) is 0 Å². The van der Waals surface area contributed by atoms with Gasteiger partial charge in [-0.2, -0.15) is 0 Å². The first-order valence-corrected chi connectivity index (χ1v) is 7.79. The average molecular weight is 343 g/mol. The van der Waals surface area contributed by atoms with Crippen molar-refractivity contribution < 1.29 is 19.4 Å². The number of fused-ring (bicyclic) bond motifs is 1. The number of hydrogen-bond donors (Lipinski definition) is 1. The predicted molar refractivity (Wildman–Crippen MR) is 93.3 cm³/mol. The molecule has 0 unspecified atom stereocenters. The molecule has 0 aliphatic carbocycles. The van der Waals surface area contributed by atoms with Gasteiger partial charge in [-0.1, -0.05) is 41.9 Å². The second kappa shape index (κ2) is 7.23. The molecule has 0 amide bonds. The summed E-state index contributed by atoms with van der Waals surface area (Å²) in [5.41, 5.74) is 0.166. The lowest BCUT2D eigenvalue weighted by Gasteiger charge is -2.12. The minimum absolute atomic E-state index is 0.166. The van der Waals surface area contributed by atoms with Crippen LogP contribution < -0.4 is 9.47 Å². The first kappa shape index (κ1) is 16.1. The van der Waals surface area contributed by atoms with E-state index in [0.717, 1.165) is 5.39 Å². The van der Waals surface area contributed by atoms with Crippen LogP contribution in [0, 0.1) is 0 Å². The van der Waals surface area contributed by atoms with Gasteiger partial charge in [0, 0.05) is 5.02 Å². The molecular weight excluding hydrogens is 328 g/mol. The molecular formula is C19H15ClO4. The first-order valence-electron chi connectivity index (χ1n) is 7.41. The van der Waals surface area contributed by atoms with E-state index in [4.69, 9.17) is 21.1 Å². The fraction of sp³-hybridized carbons (Fsp3) is 0.105. The molecule has 3 aromatic carbocycles. The molecule has 122 valence electrons. The molecule has 3 aromatic rings. The lowest BCUT2D eigenvalue weighted by Crippen LogP contribution is -2.11. The van der Waals surface area contributed by atoms with Crippen LogP contribution in [0.15, 0.2) is 60.7 Å². The smallest absolute Gasteiger partial charge is 0.340 e. The van der Waals surface area contributed by atoms with Gasteiger partial charge in [-0.05, 0) is 41.1 Å². The van der Waals surface area contributed by atoms with Crippen LogP contribution in [-0.2, 0) is 0 Å². The molecule has 3 rings (SSSR count). The van der Waals surface area contributed by atoms with E-state index in [2.05, 4.69) is 0 Å². The monoisotopic (exact) mass is 342 g/mol. The number of carboxylic acid groups (broad SMARTS) is 1. The molecule has 0 saturated carbocycles. The number of benzene rings is 3. The predicted octanol–water partition coefficient (Wildman–Crippen LogP) is 4.65. The summed E-state index contributed by atoms with van der Waals surface area (Å²) < 4.78 is 11.2. The molecule has 24 heavy (non-hydrogen) atoms. The van der Waals surface area contributed by atoms with Crippen LogP contribution in [0.5, 0.6) is 11.5 Å². The fourth-order valence-corrected chi connectivity index (χ4v) is 2.56. The highest BCUT2D eigenvalue weighted by Crippen LogP contribution is 2.28. The molecule has 0 spiro atoms. The Kier molecular flexibility index (Phi) is 4.87. The van der Waals surface area contributed by atoms with Crippen molar-refractivity contribution in [3.05, 3.63) is 71.2 Å². The van der Waals surface area contributed by atoms with Crippen molar-refractivity contribution in [1.29, 1.82) is 0 Å². The zero-order valence-electron chi connectivity index (χ0n) is 12.7. The number of ether oxygens (including phenoxy) is 2. The van der Waals surface area contributed by atoms with Crippen LogP contribution >= 0.6 is 11.6 Å². The topological polar surface area (TPSA) is 55.8 Å². The number of carboxylic acids is 1. The second-order valence-electron chi connectivity index (χ2n) is 5.12. The Balaban J connectivity index is 1.69. The summed E-state index contributed by atoms with van der Waals surface area (Å²) in [5.74, 6) is 0.00120. The Morgan fingerprint density at radius 2 is 1.62 bits per heavy atom. The maximum atomic E-state index is 11.6. The van der Waals surface area contributed by atoms with Crippen LogP contribution in [0.3, 0.4) is 0 Å². The molecule has 0 heterocycles. The Bertz CT molecular complexity index is 859. The fourth-order valence-electron chi connectivity index (χ4n) is 2.43. The van der Waals surface area contributed by atoms with Crippen LogP contribution in [0.25, 0.3) is 10.8 Å². The van der Waals surface area contributed by atoms with Crippen molar-refractivity contribution in [2.24, 2.45) is 0 Å². The Morgan fingerprint density at radius 1 is 0.917 bits per heavy atom. The summed E-state index contributed by atoms with van der Waals surface area (Å²) in [6.45, 7) is 0.536. The summed E-state index contributed by atoms with van der Waals surface area (Å²) in [6, 6.07) is 17.8. The highest BCUT2D eigenvalue weighted by Gasteiger charge is 2.15. The highest BCUT2D eigenvalue weighted by molar-refractivity contribution is 6.30. The van der Waals surface area contributed by atoms with Crippen molar-refractivity contribution in [1.82, 2.24) is 0 Å². The van der Waals surface area contributed by atoms with E-state index in [1.807, 2.05) is 24.3 Å². The first-order chi connectivity index (χ1) is 11.6. The maximum Gasteiger partial charge on any atom is 0.340 e. The zero-order valence-corrected chi connectivity index (χ0v) is 13.5. The average Bonchev–Trinajstić information content (AvgIpc) is 2.59. The van der Waals surface area contributed by atoms with Crippen molar-refractivity contribution >= 4 is 28.3 Å². The normalized spacial score (nSPS) is 10.5. The van der Waals surface area contributed by atoms with E-state index in [1.54, 1.807) is 36.4 Å². The molecule has 0 radical (unpaired) electrons. The SMILES string of the molecule is O=C(O)c1c(OCCOc2ccc(Cl)cc2)ccc2ccccc12. The molecule has 0 aliphatic heterocycles. The summed E-state index contributed by atoms with van der Waals surface area (Å²) in [5, 5.41) is 11.7. The van der Waals surface area contributed by atoms with Crippen LogP contribution in [0.1, 0.15) is 10.4 Å². The van der Waals surface area contributed by atoms with Gasteiger partial charge in [-0.25, -0.2) is 4.79 Å². The Labute approximate surface area is 144 Å². The van der Waals surface area contributed by atoms with E-state index in [-0.39, 0.29) is 12.2 Å². The van der Waals surface area contributed by atoms with E-state index in [1.165, 1.54) is 0 Å². The summed E-state index contributed by atoms with van der Waals surface area (Å²) >= 11 is 5.81. The zero-order chi connectivity index (χ0) is 16.9. The number of aromatic carboxylic acids is 1. The van der Waals surface area contributed by atoms with Gasteiger partial charge in [0.1, 0.15) is 30.3 Å². The van der Waals surface area contributed by atoms with Crippen molar-refractivity contribution in [2.75, 3.05) is 13.2 Å². The van der Waals surface area contributed by atoms with E-state index < -0.39 is 5.97 Å². The van der Waals surface area contributed by atoms with Gasteiger partial charge in [0.15, 0.2) is 0 Å². The number of rotatable bonds is 6. The number of carbonyl (C=O) groups is 1. The standard InChI is InChI=1S/C19H15ClO4/c20-14-6-8-15(9-7-14)23-11-12-24-17-10-5-13-3-1-2-4-16(13)18(17)19(21)22/h1-10H,11-12H2,(H,21,22). The maximum absolute atomic E-state index is 11.6. The molecule has 0 fully saturated rings. The highest BCUT2D eigenvalue weighted by atomic mass is 35.5. The van der Waals surface area contributed by atoms with Crippen molar-refractivity contribution in [3.8, 4) is 11.5 Å². The lowest BCUT2D eigenvalue weighted by molar-refractivity contribution is 0.0693. The summed E-state index contributed by atoms with van der Waals surface area (Å²) in [6.07, 6.45) is 0. The minimum Gasteiger partial charge on any atom is -0.490 e. The number of halogens is 1. The van der Waals surface area contributed by atoms with E-state index >= 15 is 0 Å². The van der Waals surface area contributed by atoms with Crippen LogP contribution in [-0.4, -0.2) is 24.3 Å². The molecule has 0 bridgehead atoms. The third-order valence-corrected chi connectivity index (χ3v) is 3.78. The van der Waals surface area contributed by atoms with Crippen LogP contribution in [0.4, 0.5) is 0 Å². The third-order valence-electron chi connectivity index (χ3n) is 3.53. The van der Waals surface area contributed by atoms with Crippen molar-refractivity contribution in [2.45, 2.75) is 0 Å². The molecule has 0 atom stereocenters. The summed E-state index contributed by atoms with van der Waals surface area (Å²) in [4.78, 5) is 11.6. The Morgan fingerprint density at radius 3 is 2.38 bits per heavy atom. The quantitative estimate of drug-likeness (QED) is 0.662. The lowest BCUT2D eigenvalue weighted by atomic mass is 10.0. The van der Waals surface area contributed by atoms with Gasteiger partial charge >= 0.3 is 5.97 Å². The van der Waals surface area contributed by atoms with Gasteiger partial charge in [0.2, 0.25) is 0 Å². The van der Waals surface area contributed by atoms with Gasteiger partial charge in [0.25, 0.3) is 0 Å². The Hall–Kier alpha value is -2.72. The third kappa shape index (κ3) is 3.60. The molecule has 1 N–H and O–H groups in total. The molecule has 0 saturated heterocycles. The molecule has 0 aromatic heterocycles. The minimum atomic E-state index is -1.01. The van der Waals surface area contributed by atoms with Crippen molar-refractivity contribution in [3.63, 3.8) is 0 Å². The molecule has 5 heteroatoms. The largest absolute Gasteiger partial charge is 0.490 e. The molecule has 0 aliphatic rings. The van der Waals surface area contributed by atoms with E-state index in [0.29, 0.717) is 28.5 Å². The van der Waals surface area contributed by atoms with Gasteiger partial charge < -0.3 is 14.6 Å². The van der Waals surface area contributed by atoms with E-state index in [9.17, 15) is 9.90 Å².